The summed E-state index contributed by atoms with van der Waals surface area (Å²) in [7, 11) is -3.95. The van der Waals surface area contributed by atoms with Gasteiger partial charge in [0.2, 0.25) is 10.0 Å². The summed E-state index contributed by atoms with van der Waals surface area (Å²) < 4.78 is 31.7. The molecular formula is C21H20N2O7S. The molecule has 1 amide bonds. The lowest BCUT2D eigenvalue weighted by Gasteiger charge is -2.09. The van der Waals surface area contributed by atoms with E-state index >= 15 is 0 Å². The second-order valence-electron chi connectivity index (χ2n) is 6.90. The van der Waals surface area contributed by atoms with Crippen LogP contribution < -0.4 is 9.46 Å². The van der Waals surface area contributed by atoms with E-state index < -0.39 is 34.3 Å². The first-order valence-electron chi connectivity index (χ1n) is 9.15. The Hall–Kier alpha value is -3.66. The predicted octanol–water partition coefficient (Wildman–Crippen LogP) is 1.72. The fourth-order valence-corrected chi connectivity index (χ4v) is 3.76. The molecule has 3 aromatic rings. The number of nitrogens with one attached hydrogen (secondary N) is 1. The van der Waals surface area contributed by atoms with Crippen molar-refractivity contribution in [2.24, 2.45) is 0 Å². The number of aromatic nitrogens is 1. The molecule has 0 aliphatic heterocycles. The first kappa shape index (κ1) is 22.0. The van der Waals surface area contributed by atoms with Crippen molar-refractivity contribution in [1.29, 1.82) is 0 Å². The van der Waals surface area contributed by atoms with Crippen LogP contribution in [-0.4, -0.2) is 48.6 Å². The quantitative estimate of drug-likeness (QED) is 0.399. The van der Waals surface area contributed by atoms with Crippen LogP contribution in [0.15, 0.2) is 48.5 Å². The van der Waals surface area contributed by atoms with E-state index in [-0.39, 0.29) is 16.7 Å². The van der Waals surface area contributed by atoms with Gasteiger partial charge in [0.25, 0.3) is 5.78 Å². The number of benzene rings is 2. The van der Waals surface area contributed by atoms with E-state index in [0.717, 1.165) is 11.8 Å². The number of carboxylic acids is 1. The molecule has 1 heterocycles. The Morgan fingerprint density at radius 3 is 2.35 bits per heavy atom. The number of ketones is 1. The summed E-state index contributed by atoms with van der Waals surface area (Å²) in [6.45, 7) is 1.35. The number of ether oxygens (including phenoxy) is 1. The topological polar surface area (TPSA) is 132 Å². The number of amides is 1. The lowest BCUT2D eigenvalue weighted by atomic mass is 10.1. The average Bonchev–Trinajstić information content (AvgIpc) is 2.97. The Morgan fingerprint density at radius 1 is 1.06 bits per heavy atom. The molecule has 0 atom stereocenters. The number of nitrogens with zero attached hydrogens (tertiary/aromatic N) is 1. The molecule has 0 bridgehead atoms. The standard InChI is InChI=1S/C21H20N2O7S/c1-13-18(20(26)21(27)22-31(2,28)29)19-15(9-6-10-16(19)30-12-17(24)25)23(13)11-14-7-4-3-5-8-14/h3-10H,11-12H2,1-2H3,(H,22,27)(H,24,25). The van der Waals surface area contributed by atoms with E-state index in [1.54, 1.807) is 28.3 Å². The van der Waals surface area contributed by atoms with Crippen LogP contribution in [0.4, 0.5) is 0 Å². The van der Waals surface area contributed by atoms with Crippen molar-refractivity contribution in [2.75, 3.05) is 12.9 Å². The summed E-state index contributed by atoms with van der Waals surface area (Å²) in [5.74, 6) is -3.48. The van der Waals surface area contributed by atoms with Gasteiger partial charge < -0.3 is 14.4 Å². The third-order valence-electron chi connectivity index (χ3n) is 4.56. The molecule has 0 aliphatic carbocycles. The summed E-state index contributed by atoms with van der Waals surface area (Å²) in [5, 5.41) is 9.21. The van der Waals surface area contributed by atoms with E-state index in [1.807, 2.05) is 30.3 Å². The molecule has 0 unspecified atom stereocenters. The van der Waals surface area contributed by atoms with E-state index in [0.29, 0.717) is 17.8 Å². The predicted molar refractivity (Wildman–Crippen MR) is 113 cm³/mol. The van der Waals surface area contributed by atoms with Gasteiger partial charge in [0.1, 0.15) is 5.75 Å². The number of aliphatic carboxylic acids is 1. The Kier molecular flexibility index (Phi) is 6.11. The molecule has 0 fully saturated rings. The minimum atomic E-state index is -3.95. The largest absolute Gasteiger partial charge is 0.481 e. The minimum Gasteiger partial charge on any atom is -0.481 e. The SMILES string of the molecule is Cc1c(C(=O)C(=O)NS(C)(=O)=O)c2c(OCC(=O)O)cccc2n1Cc1ccccc1. The smallest absolute Gasteiger partial charge is 0.341 e. The molecule has 0 radical (unpaired) electrons. The van der Waals surface area contributed by atoms with Gasteiger partial charge in [-0.1, -0.05) is 36.4 Å². The first-order chi connectivity index (χ1) is 14.6. The molecule has 2 N–H and O–H groups in total. The molecule has 0 aliphatic rings. The zero-order valence-electron chi connectivity index (χ0n) is 16.8. The van der Waals surface area contributed by atoms with Gasteiger partial charge in [0, 0.05) is 12.2 Å². The number of sulfonamides is 1. The zero-order chi connectivity index (χ0) is 22.8. The first-order valence-corrected chi connectivity index (χ1v) is 11.0. The summed E-state index contributed by atoms with van der Waals surface area (Å²) >= 11 is 0. The number of fused-ring (bicyclic) bond motifs is 1. The maximum absolute atomic E-state index is 13.0. The van der Waals surface area contributed by atoms with Crippen molar-refractivity contribution in [2.45, 2.75) is 13.5 Å². The maximum atomic E-state index is 13.0. The number of hydrogen-bond donors (Lipinski definition) is 2. The highest BCUT2D eigenvalue weighted by Gasteiger charge is 2.29. The van der Waals surface area contributed by atoms with Crippen LogP contribution >= 0.6 is 0 Å². The second-order valence-corrected chi connectivity index (χ2v) is 8.65. The zero-order valence-corrected chi connectivity index (χ0v) is 17.6. The van der Waals surface area contributed by atoms with Crippen LogP contribution in [0.25, 0.3) is 10.9 Å². The number of hydrogen-bond acceptors (Lipinski definition) is 6. The monoisotopic (exact) mass is 444 g/mol. The highest BCUT2D eigenvalue weighted by molar-refractivity contribution is 7.89. The van der Waals surface area contributed by atoms with Crippen molar-refractivity contribution in [3.8, 4) is 5.75 Å². The number of Topliss-reactive ketones (excluding diaryl/α,β-unsaturated/α-hetero) is 1. The Balaban J connectivity index is 2.20. The average molecular weight is 444 g/mol. The van der Waals surface area contributed by atoms with Crippen LogP contribution in [0.1, 0.15) is 21.6 Å². The molecule has 2 aromatic carbocycles. The molecule has 1 aromatic heterocycles. The maximum Gasteiger partial charge on any atom is 0.341 e. The number of carbonyl (C=O) groups excluding carboxylic acids is 2. The molecule has 3 rings (SSSR count). The number of carboxylic acid groups (broad SMARTS) is 1. The van der Waals surface area contributed by atoms with Gasteiger partial charge in [-0.15, -0.1) is 0 Å². The molecule has 9 nitrogen and oxygen atoms in total. The van der Waals surface area contributed by atoms with Gasteiger partial charge in [-0.25, -0.2) is 17.9 Å². The van der Waals surface area contributed by atoms with Gasteiger partial charge in [0.05, 0.1) is 22.7 Å². The molecule has 0 saturated carbocycles. The molecule has 0 spiro atoms. The van der Waals surface area contributed by atoms with E-state index in [2.05, 4.69) is 0 Å². The number of carbonyl (C=O) groups is 3. The molecule has 0 saturated heterocycles. The summed E-state index contributed by atoms with van der Waals surface area (Å²) in [6.07, 6.45) is 0.769. The van der Waals surface area contributed by atoms with Crippen molar-refractivity contribution in [1.82, 2.24) is 9.29 Å². The Bertz CT molecular complexity index is 1280. The molecular weight excluding hydrogens is 424 g/mol. The van der Waals surface area contributed by atoms with Crippen LogP contribution in [-0.2, 0) is 26.2 Å². The third kappa shape index (κ3) is 4.92. The number of rotatable bonds is 8. The lowest BCUT2D eigenvalue weighted by molar-refractivity contribution is -0.139. The Morgan fingerprint density at radius 2 is 1.74 bits per heavy atom. The van der Waals surface area contributed by atoms with Crippen molar-refractivity contribution in [3.63, 3.8) is 0 Å². The van der Waals surface area contributed by atoms with Crippen LogP contribution in [0.5, 0.6) is 5.75 Å². The van der Waals surface area contributed by atoms with Crippen molar-refractivity contribution < 1.29 is 32.6 Å². The summed E-state index contributed by atoms with van der Waals surface area (Å²) in [6, 6.07) is 14.2. The van der Waals surface area contributed by atoms with Gasteiger partial charge in [-0.2, -0.15) is 0 Å². The fourth-order valence-electron chi connectivity index (χ4n) is 3.33. The fraction of sp³-hybridized carbons (Fsp3) is 0.190. The van der Waals surface area contributed by atoms with Crippen LogP contribution in [0.2, 0.25) is 0 Å². The molecule has 31 heavy (non-hydrogen) atoms. The third-order valence-corrected chi connectivity index (χ3v) is 5.11. The summed E-state index contributed by atoms with van der Waals surface area (Å²) in [4.78, 5) is 36.2. The summed E-state index contributed by atoms with van der Waals surface area (Å²) in [5.41, 5.74) is 1.84. The van der Waals surface area contributed by atoms with Gasteiger partial charge in [0.15, 0.2) is 6.61 Å². The normalized spacial score (nSPS) is 11.3. The van der Waals surface area contributed by atoms with Crippen LogP contribution in [0.3, 0.4) is 0 Å². The van der Waals surface area contributed by atoms with Gasteiger partial charge in [-0.3, -0.25) is 9.59 Å². The molecule has 162 valence electrons. The van der Waals surface area contributed by atoms with Crippen molar-refractivity contribution in [3.05, 3.63) is 65.4 Å². The minimum absolute atomic E-state index is 0.0481. The van der Waals surface area contributed by atoms with E-state index in [9.17, 15) is 22.8 Å². The highest BCUT2D eigenvalue weighted by atomic mass is 32.2. The van der Waals surface area contributed by atoms with Crippen LogP contribution in [0, 0.1) is 6.92 Å². The van der Waals surface area contributed by atoms with E-state index in [1.165, 1.54) is 6.07 Å². The van der Waals surface area contributed by atoms with Crippen molar-refractivity contribution >= 4 is 38.6 Å². The van der Waals surface area contributed by atoms with Gasteiger partial charge in [-0.05, 0) is 24.6 Å². The highest BCUT2D eigenvalue weighted by Crippen LogP contribution is 2.34. The Labute approximate surface area is 178 Å². The lowest BCUT2D eigenvalue weighted by Crippen LogP contribution is -2.35. The van der Waals surface area contributed by atoms with Gasteiger partial charge >= 0.3 is 11.9 Å². The second kappa shape index (κ2) is 8.60. The molecule has 10 heteroatoms. The van der Waals surface area contributed by atoms with E-state index in [4.69, 9.17) is 9.84 Å².